The van der Waals surface area contributed by atoms with E-state index >= 15 is 0 Å². The fraction of sp³-hybridized carbons (Fsp3) is 0. The van der Waals surface area contributed by atoms with Crippen molar-refractivity contribution >= 4 is 27.6 Å². The Morgan fingerprint density at radius 2 is 1.80 bits per heavy atom. The predicted octanol–water partition coefficient (Wildman–Crippen LogP) is 2.87. The summed E-state index contributed by atoms with van der Waals surface area (Å²) < 4.78 is 5.60. The van der Waals surface area contributed by atoms with Crippen LogP contribution < -0.4 is 5.73 Å². The molecule has 1 aromatic heterocycles. The van der Waals surface area contributed by atoms with Crippen LogP contribution in [0.4, 0.5) is 5.69 Å². The van der Waals surface area contributed by atoms with Crippen molar-refractivity contribution in [2.45, 2.75) is 0 Å². The van der Waals surface area contributed by atoms with E-state index in [-0.39, 0.29) is 5.75 Å². The van der Waals surface area contributed by atoms with Crippen molar-refractivity contribution in [3.63, 3.8) is 0 Å². The Hall–Kier alpha value is -2.16. The van der Waals surface area contributed by atoms with E-state index < -0.39 is 0 Å². The number of hydrogen-bond donors (Lipinski definition) is 2. The van der Waals surface area contributed by atoms with Crippen molar-refractivity contribution in [1.82, 2.24) is 0 Å². The molecule has 0 unspecified atom stereocenters. The van der Waals surface area contributed by atoms with E-state index in [1.165, 1.54) is 0 Å². The molecule has 15 heavy (non-hydrogen) atoms. The number of anilines is 1. The first-order valence-electron chi connectivity index (χ1n) is 4.65. The Kier molecular flexibility index (Phi) is 1.45. The van der Waals surface area contributed by atoms with Crippen LogP contribution >= 0.6 is 0 Å². The van der Waals surface area contributed by atoms with Crippen LogP contribution in [0.5, 0.6) is 5.75 Å². The highest BCUT2D eigenvalue weighted by molar-refractivity contribution is 6.06. The summed E-state index contributed by atoms with van der Waals surface area (Å²) in [6, 6.07) is 10.6. The molecule has 0 aliphatic carbocycles. The third kappa shape index (κ3) is 1.13. The smallest absolute Gasteiger partial charge is 0.137 e. The number of aromatic hydroxyl groups is 1. The van der Waals surface area contributed by atoms with Crippen molar-refractivity contribution in [1.29, 1.82) is 0 Å². The van der Waals surface area contributed by atoms with Crippen LogP contribution in [0, 0.1) is 0 Å². The molecule has 0 amide bonds. The molecule has 3 aromatic rings. The average molecular weight is 199 g/mol. The molecule has 74 valence electrons. The first-order valence-corrected chi connectivity index (χ1v) is 4.65. The maximum Gasteiger partial charge on any atom is 0.137 e. The van der Waals surface area contributed by atoms with Crippen molar-refractivity contribution in [3.05, 3.63) is 36.4 Å². The van der Waals surface area contributed by atoms with E-state index in [9.17, 15) is 5.11 Å². The summed E-state index contributed by atoms with van der Waals surface area (Å²) in [5.41, 5.74) is 7.84. The lowest BCUT2D eigenvalue weighted by Crippen LogP contribution is -1.81. The van der Waals surface area contributed by atoms with Crippen LogP contribution in [0.3, 0.4) is 0 Å². The van der Waals surface area contributed by atoms with Gasteiger partial charge in [-0.05, 0) is 30.3 Å². The quantitative estimate of drug-likeness (QED) is 0.547. The second-order valence-electron chi connectivity index (χ2n) is 3.54. The van der Waals surface area contributed by atoms with Gasteiger partial charge in [-0.3, -0.25) is 0 Å². The average Bonchev–Trinajstić information content (AvgIpc) is 2.54. The van der Waals surface area contributed by atoms with Gasteiger partial charge in [-0.15, -0.1) is 0 Å². The normalized spacial score (nSPS) is 11.2. The third-order valence-electron chi connectivity index (χ3n) is 2.48. The molecule has 1 heterocycles. The minimum absolute atomic E-state index is 0.238. The molecule has 0 atom stereocenters. The Morgan fingerprint density at radius 1 is 0.933 bits per heavy atom. The highest BCUT2D eigenvalue weighted by atomic mass is 16.3. The number of furan rings is 1. The van der Waals surface area contributed by atoms with Gasteiger partial charge in [0, 0.05) is 22.5 Å². The van der Waals surface area contributed by atoms with Crippen LogP contribution in [0.1, 0.15) is 0 Å². The number of fused-ring (bicyclic) bond motifs is 3. The summed E-state index contributed by atoms with van der Waals surface area (Å²) in [4.78, 5) is 0. The first-order chi connectivity index (χ1) is 7.24. The van der Waals surface area contributed by atoms with E-state index in [1.54, 1.807) is 24.3 Å². The standard InChI is InChI=1S/C12H9NO2/c13-7-1-3-9-10-6-8(14)2-4-11(10)15-12(9)5-7/h1-6,14H,13H2. The number of benzene rings is 2. The van der Waals surface area contributed by atoms with E-state index in [0.29, 0.717) is 5.69 Å². The molecule has 3 rings (SSSR count). The zero-order valence-electron chi connectivity index (χ0n) is 7.90. The molecule has 2 aromatic carbocycles. The highest BCUT2D eigenvalue weighted by Gasteiger charge is 2.06. The molecule has 0 aliphatic heterocycles. The molecule has 3 N–H and O–H groups in total. The van der Waals surface area contributed by atoms with Gasteiger partial charge >= 0.3 is 0 Å². The van der Waals surface area contributed by atoms with Gasteiger partial charge in [-0.2, -0.15) is 0 Å². The molecular weight excluding hydrogens is 190 g/mol. The van der Waals surface area contributed by atoms with Gasteiger partial charge < -0.3 is 15.3 Å². The molecule has 0 aliphatic rings. The van der Waals surface area contributed by atoms with Crippen molar-refractivity contribution in [2.24, 2.45) is 0 Å². The highest BCUT2D eigenvalue weighted by Crippen LogP contribution is 2.31. The number of hydrogen-bond acceptors (Lipinski definition) is 3. The lowest BCUT2D eigenvalue weighted by molar-refractivity contribution is 0.476. The number of nitrogen functional groups attached to an aromatic ring is 1. The number of rotatable bonds is 0. The minimum atomic E-state index is 0.238. The molecule has 0 saturated carbocycles. The molecule has 0 radical (unpaired) electrons. The predicted molar refractivity (Wildman–Crippen MR) is 59.8 cm³/mol. The van der Waals surface area contributed by atoms with Gasteiger partial charge in [0.2, 0.25) is 0 Å². The van der Waals surface area contributed by atoms with Gasteiger partial charge in [0.25, 0.3) is 0 Å². The van der Waals surface area contributed by atoms with Gasteiger partial charge in [0.05, 0.1) is 0 Å². The fourth-order valence-electron chi connectivity index (χ4n) is 1.78. The summed E-state index contributed by atoms with van der Waals surface area (Å²) in [6.45, 7) is 0. The number of nitrogens with two attached hydrogens (primary N) is 1. The fourth-order valence-corrected chi connectivity index (χ4v) is 1.78. The van der Waals surface area contributed by atoms with Gasteiger partial charge in [-0.25, -0.2) is 0 Å². The van der Waals surface area contributed by atoms with Gasteiger partial charge in [-0.1, -0.05) is 0 Å². The Morgan fingerprint density at radius 3 is 2.67 bits per heavy atom. The van der Waals surface area contributed by atoms with E-state index in [4.69, 9.17) is 10.2 Å². The monoisotopic (exact) mass is 199 g/mol. The molecule has 3 nitrogen and oxygen atoms in total. The van der Waals surface area contributed by atoms with Crippen molar-refractivity contribution < 1.29 is 9.52 Å². The van der Waals surface area contributed by atoms with Gasteiger partial charge in [0.15, 0.2) is 0 Å². The second-order valence-corrected chi connectivity index (χ2v) is 3.54. The Balaban J connectivity index is 2.53. The zero-order chi connectivity index (χ0) is 10.4. The summed E-state index contributed by atoms with van der Waals surface area (Å²) in [5.74, 6) is 0.238. The van der Waals surface area contributed by atoms with Crippen LogP contribution in [-0.2, 0) is 0 Å². The Labute approximate surface area is 85.7 Å². The summed E-state index contributed by atoms with van der Waals surface area (Å²) >= 11 is 0. The van der Waals surface area contributed by atoms with E-state index in [2.05, 4.69) is 0 Å². The van der Waals surface area contributed by atoms with E-state index in [0.717, 1.165) is 21.9 Å². The van der Waals surface area contributed by atoms with Crippen molar-refractivity contribution in [3.8, 4) is 5.75 Å². The molecule has 0 bridgehead atoms. The maximum atomic E-state index is 9.40. The topological polar surface area (TPSA) is 59.4 Å². The molecule has 0 saturated heterocycles. The molecule has 3 heteroatoms. The lowest BCUT2D eigenvalue weighted by Gasteiger charge is -1.92. The largest absolute Gasteiger partial charge is 0.508 e. The summed E-state index contributed by atoms with van der Waals surface area (Å²) in [5, 5.41) is 11.3. The summed E-state index contributed by atoms with van der Waals surface area (Å²) in [6.07, 6.45) is 0. The molecule has 0 spiro atoms. The van der Waals surface area contributed by atoms with Crippen molar-refractivity contribution in [2.75, 3.05) is 5.73 Å². The summed E-state index contributed by atoms with van der Waals surface area (Å²) in [7, 11) is 0. The van der Waals surface area contributed by atoms with Crippen LogP contribution in [0.15, 0.2) is 40.8 Å². The second kappa shape index (κ2) is 2.67. The third-order valence-corrected chi connectivity index (χ3v) is 2.48. The first kappa shape index (κ1) is 8.17. The van der Waals surface area contributed by atoms with Crippen LogP contribution in [-0.4, -0.2) is 5.11 Å². The zero-order valence-corrected chi connectivity index (χ0v) is 7.90. The molecular formula is C12H9NO2. The maximum absolute atomic E-state index is 9.40. The number of phenolic OH excluding ortho intramolecular Hbond substituents is 1. The Bertz CT molecular complexity index is 655. The minimum Gasteiger partial charge on any atom is -0.508 e. The van der Waals surface area contributed by atoms with Crippen LogP contribution in [0.25, 0.3) is 21.9 Å². The SMILES string of the molecule is Nc1ccc2c(c1)oc1ccc(O)cc12. The van der Waals surface area contributed by atoms with E-state index in [1.807, 2.05) is 12.1 Å². The number of phenols is 1. The lowest BCUT2D eigenvalue weighted by atomic mass is 10.1. The van der Waals surface area contributed by atoms with Crippen LogP contribution in [0.2, 0.25) is 0 Å². The molecule has 0 fully saturated rings. The van der Waals surface area contributed by atoms with Gasteiger partial charge in [0.1, 0.15) is 16.9 Å².